The van der Waals surface area contributed by atoms with Crippen LogP contribution in [0.25, 0.3) is 0 Å². The van der Waals surface area contributed by atoms with Gasteiger partial charge in [-0.05, 0) is 6.07 Å². The lowest BCUT2D eigenvalue weighted by atomic mass is 10.2. The summed E-state index contributed by atoms with van der Waals surface area (Å²) in [5.41, 5.74) is 0. The summed E-state index contributed by atoms with van der Waals surface area (Å²) in [6.45, 7) is 0. The molecule has 0 fully saturated rings. The van der Waals surface area contributed by atoms with Gasteiger partial charge in [-0.3, -0.25) is 5.32 Å². The number of ether oxygens (including phenoxy) is 1. The molecule has 0 aliphatic heterocycles. The first-order valence-corrected chi connectivity index (χ1v) is 3.95. The van der Waals surface area contributed by atoms with E-state index in [9.17, 15) is 4.79 Å². The molecule has 0 aliphatic carbocycles. The molecule has 0 bridgehead atoms. The highest BCUT2D eigenvalue weighted by atomic mass is 16.6. The van der Waals surface area contributed by atoms with Gasteiger partial charge in [0.15, 0.2) is 0 Å². The Labute approximate surface area is 85.8 Å². The number of nitrogens with one attached hydrogen (secondary N) is 1. The zero-order chi connectivity index (χ0) is 11.3. The lowest BCUT2D eigenvalue weighted by Gasteiger charge is -2.06. The van der Waals surface area contributed by atoms with Gasteiger partial charge >= 0.3 is 13.4 Å². The van der Waals surface area contributed by atoms with Gasteiger partial charge < -0.3 is 19.4 Å². The van der Waals surface area contributed by atoms with Crippen LogP contribution in [0.15, 0.2) is 18.3 Å². The average Bonchev–Trinajstić information content (AvgIpc) is 2.17. The topological polar surface area (TPSA) is 101 Å². The number of rotatable bonds is 3. The Morgan fingerprint density at radius 3 is 2.93 bits per heavy atom. The van der Waals surface area contributed by atoms with Crippen molar-refractivity contribution < 1.29 is 24.2 Å². The quantitative estimate of drug-likeness (QED) is 0.589. The lowest BCUT2D eigenvalue weighted by molar-refractivity contribution is 0.187. The summed E-state index contributed by atoms with van der Waals surface area (Å²) >= 11 is 0. The highest BCUT2D eigenvalue weighted by Gasteiger charge is 2.12. The van der Waals surface area contributed by atoms with E-state index in [2.05, 4.69) is 19.7 Å². The molecule has 0 spiro atoms. The van der Waals surface area contributed by atoms with Crippen LogP contribution in [0.1, 0.15) is 0 Å². The number of carbonyl (C=O) groups is 1. The van der Waals surface area contributed by atoms with Crippen LogP contribution < -0.4 is 9.97 Å². The molecule has 1 rings (SSSR count). The van der Waals surface area contributed by atoms with Crippen molar-refractivity contribution in [3.8, 4) is 5.75 Å². The van der Waals surface area contributed by atoms with Gasteiger partial charge in [-0.2, -0.15) is 0 Å². The van der Waals surface area contributed by atoms with E-state index in [1.54, 1.807) is 0 Å². The van der Waals surface area contributed by atoms with Gasteiger partial charge in [-0.1, -0.05) is 0 Å². The van der Waals surface area contributed by atoms with Crippen LogP contribution in [0, 0.1) is 0 Å². The van der Waals surface area contributed by atoms with Gasteiger partial charge in [0.05, 0.1) is 7.11 Å². The SMILES string of the molecule is COC(=O)Nc1cc(OB(O)O)ccn1. The minimum absolute atomic E-state index is 0.159. The molecular weight excluding hydrogens is 203 g/mol. The van der Waals surface area contributed by atoms with Crippen molar-refractivity contribution in [1.29, 1.82) is 0 Å². The van der Waals surface area contributed by atoms with E-state index in [4.69, 9.17) is 10.0 Å². The third-order valence-corrected chi connectivity index (χ3v) is 1.39. The maximum atomic E-state index is 10.8. The van der Waals surface area contributed by atoms with E-state index in [1.807, 2.05) is 0 Å². The third kappa shape index (κ3) is 3.84. The normalized spacial score (nSPS) is 9.27. The van der Waals surface area contributed by atoms with E-state index in [0.717, 1.165) is 0 Å². The van der Waals surface area contributed by atoms with Crippen LogP contribution >= 0.6 is 0 Å². The fraction of sp³-hybridized carbons (Fsp3) is 0.143. The second-order valence-electron chi connectivity index (χ2n) is 2.44. The van der Waals surface area contributed by atoms with Crippen molar-refractivity contribution in [2.75, 3.05) is 12.4 Å². The molecule has 0 saturated heterocycles. The van der Waals surface area contributed by atoms with Crippen LogP contribution in [0.5, 0.6) is 5.75 Å². The zero-order valence-corrected chi connectivity index (χ0v) is 7.88. The van der Waals surface area contributed by atoms with E-state index in [1.165, 1.54) is 25.4 Å². The van der Waals surface area contributed by atoms with Crippen molar-refractivity contribution in [3.63, 3.8) is 0 Å². The number of carbonyl (C=O) groups excluding carboxylic acids is 1. The average molecular weight is 212 g/mol. The van der Waals surface area contributed by atoms with Gasteiger partial charge in [-0.25, -0.2) is 9.78 Å². The van der Waals surface area contributed by atoms with Crippen LogP contribution in [0.2, 0.25) is 0 Å². The summed E-state index contributed by atoms with van der Waals surface area (Å²) in [5, 5.41) is 19.3. The molecule has 1 heterocycles. The first-order valence-electron chi connectivity index (χ1n) is 3.95. The number of nitrogens with zero attached hydrogens (tertiary/aromatic N) is 1. The summed E-state index contributed by atoms with van der Waals surface area (Å²) in [5.74, 6) is 0.339. The Morgan fingerprint density at radius 1 is 1.60 bits per heavy atom. The van der Waals surface area contributed by atoms with Crippen molar-refractivity contribution in [2.45, 2.75) is 0 Å². The number of amides is 1. The van der Waals surface area contributed by atoms with Crippen LogP contribution in [-0.4, -0.2) is 35.6 Å². The molecule has 3 N–H and O–H groups in total. The Hall–Kier alpha value is -1.80. The third-order valence-electron chi connectivity index (χ3n) is 1.39. The highest BCUT2D eigenvalue weighted by Crippen LogP contribution is 2.14. The summed E-state index contributed by atoms with van der Waals surface area (Å²) in [7, 11) is -0.703. The molecule has 0 aromatic carbocycles. The monoisotopic (exact) mass is 212 g/mol. The molecule has 0 unspecified atom stereocenters. The number of aromatic nitrogens is 1. The number of anilines is 1. The summed E-state index contributed by atoms with van der Waals surface area (Å²) < 4.78 is 8.89. The van der Waals surface area contributed by atoms with E-state index in [-0.39, 0.29) is 11.6 Å². The molecule has 0 atom stereocenters. The Balaban J connectivity index is 2.69. The largest absolute Gasteiger partial charge is 0.707 e. The maximum absolute atomic E-state index is 10.8. The molecule has 80 valence electrons. The van der Waals surface area contributed by atoms with E-state index in [0.29, 0.717) is 0 Å². The molecule has 0 saturated carbocycles. The smallest absolute Gasteiger partial charge is 0.512 e. The minimum Gasteiger partial charge on any atom is -0.512 e. The highest BCUT2D eigenvalue weighted by molar-refractivity contribution is 6.33. The summed E-state index contributed by atoms with van der Waals surface area (Å²) in [6, 6.07) is 2.72. The molecule has 8 heteroatoms. The minimum atomic E-state index is -1.92. The lowest BCUT2D eigenvalue weighted by Crippen LogP contribution is -2.20. The Morgan fingerprint density at radius 2 is 2.33 bits per heavy atom. The first-order chi connectivity index (χ1) is 7.11. The predicted octanol–water partition coefficient (Wildman–Crippen LogP) is -0.392. The number of pyridine rings is 1. The van der Waals surface area contributed by atoms with Gasteiger partial charge in [0.25, 0.3) is 0 Å². The predicted molar refractivity (Wildman–Crippen MR) is 51.1 cm³/mol. The molecule has 1 amide bonds. The molecule has 0 radical (unpaired) electrons. The van der Waals surface area contributed by atoms with Gasteiger partial charge in [0, 0.05) is 12.3 Å². The molecule has 7 nitrogen and oxygen atoms in total. The van der Waals surface area contributed by atoms with Crippen molar-refractivity contribution in [3.05, 3.63) is 18.3 Å². The van der Waals surface area contributed by atoms with Gasteiger partial charge in [0.2, 0.25) is 0 Å². The number of hydrogen-bond donors (Lipinski definition) is 3. The molecule has 1 aromatic rings. The van der Waals surface area contributed by atoms with Crippen LogP contribution in [-0.2, 0) is 4.74 Å². The fourth-order valence-electron chi connectivity index (χ4n) is 0.830. The fourth-order valence-corrected chi connectivity index (χ4v) is 0.830. The van der Waals surface area contributed by atoms with E-state index < -0.39 is 13.4 Å². The Kier molecular flexibility index (Phi) is 3.89. The first kappa shape index (κ1) is 11.3. The van der Waals surface area contributed by atoms with Crippen LogP contribution in [0.4, 0.5) is 10.6 Å². The van der Waals surface area contributed by atoms with Crippen molar-refractivity contribution >= 4 is 19.2 Å². The zero-order valence-electron chi connectivity index (χ0n) is 7.88. The standard InChI is InChI=1S/C7H9BN2O5/c1-14-7(11)10-6-4-5(2-3-9-6)15-8(12)13/h2-4,12-13H,1H3,(H,9,10,11). The second-order valence-corrected chi connectivity index (χ2v) is 2.44. The van der Waals surface area contributed by atoms with Gasteiger partial charge in [-0.15, -0.1) is 0 Å². The second kappa shape index (κ2) is 5.18. The van der Waals surface area contributed by atoms with Gasteiger partial charge in [0.1, 0.15) is 11.6 Å². The van der Waals surface area contributed by atoms with Crippen LogP contribution in [0.3, 0.4) is 0 Å². The summed E-state index contributed by atoms with van der Waals surface area (Å²) in [6.07, 6.45) is 0.660. The Bertz CT molecular complexity index is 346. The van der Waals surface area contributed by atoms with Crippen molar-refractivity contribution in [1.82, 2.24) is 4.98 Å². The number of methoxy groups -OCH3 is 1. The molecule has 1 aromatic heterocycles. The van der Waals surface area contributed by atoms with E-state index >= 15 is 0 Å². The summed E-state index contributed by atoms with van der Waals surface area (Å²) in [4.78, 5) is 14.6. The molecule has 0 aliphatic rings. The molecular formula is C7H9BN2O5. The maximum Gasteiger partial charge on any atom is 0.707 e. The van der Waals surface area contributed by atoms with Crippen molar-refractivity contribution in [2.24, 2.45) is 0 Å². The number of hydrogen-bond acceptors (Lipinski definition) is 6. The molecule has 15 heavy (non-hydrogen) atoms.